The summed E-state index contributed by atoms with van der Waals surface area (Å²) in [5.41, 5.74) is 1.89. The number of halogens is 3. The van der Waals surface area contributed by atoms with Gasteiger partial charge in [-0.15, -0.1) is 0 Å². The van der Waals surface area contributed by atoms with E-state index in [-0.39, 0.29) is 17.7 Å². The van der Waals surface area contributed by atoms with E-state index in [1.807, 2.05) is 18.2 Å². The van der Waals surface area contributed by atoms with Crippen LogP contribution in [0, 0.1) is 0 Å². The normalized spacial score (nSPS) is 16.8. The first kappa shape index (κ1) is 19.4. The smallest absolute Gasteiger partial charge is 0.417 e. The van der Waals surface area contributed by atoms with Gasteiger partial charge >= 0.3 is 6.18 Å². The fourth-order valence-electron chi connectivity index (χ4n) is 3.75. The summed E-state index contributed by atoms with van der Waals surface area (Å²) in [6, 6.07) is 12.6. The molecule has 1 atom stereocenters. The highest BCUT2D eigenvalue weighted by Crippen LogP contribution is 2.33. The predicted molar refractivity (Wildman–Crippen MR) is 102 cm³/mol. The van der Waals surface area contributed by atoms with E-state index in [1.165, 1.54) is 16.3 Å². The minimum absolute atomic E-state index is 0.0509. The number of hydrogen-bond donors (Lipinski definition) is 1. The molecule has 0 amide bonds. The summed E-state index contributed by atoms with van der Waals surface area (Å²) in [4.78, 5) is 6.10. The number of rotatable bonds is 4. The lowest BCUT2D eigenvalue weighted by Crippen LogP contribution is -2.35. The average molecular weight is 402 g/mol. The number of alkyl halides is 3. The molecule has 2 heterocycles. The van der Waals surface area contributed by atoms with E-state index < -0.39 is 11.7 Å². The molecule has 1 aliphatic rings. The Labute approximate surface area is 166 Å². The van der Waals surface area contributed by atoms with Crippen LogP contribution >= 0.6 is 0 Å². The van der Waals surface area contributed by atoms with E-state index in [1.54, 1.807) is 0 Å². The molecule has 0 aliphatic heterocycles. The van der Waals surface area contributed by atoms with Gasteiger partial charge in [-0.3, -0.25) is 4.90 Å². The van der Waals surface area contributed by atoms with Crippen LogP contribution < -0.4 is 0 Å². The molecule has 5 nitrogen and oxygen atoms in total. The molecule has 3 aromatic rings. The number of fused-ring (bicyclic) bond motifs is 1. The first-order valence-electron chi connectivity index (χ1n) is 9.40. The van der Waals surface area contributed by atoms with Gasteiger partial charge in [-0.25, -0.2) is 4.98 Å². The maximum absolute atomic E-state index is 12.7. The number of likely N-dealkylation sites (N-methyl/N-ethyl adjacent to an activating group) is 1. The second-order valence-corrected chi connectivity index (χ2v) is 7.36. The molecule has 8 heteroatoms. The summed E-state index contributed by atoms with van der Waals surface area (Å²) in [6.07, 6.45) is -1.47. The first-order chi connectivity index (χ1) is 13.8. The van der Waals surface area contributed by atoms with Gasteiger partial charge in [0.1, 0.15) is 0 Å². The van der Waals surface area contributed by atoms with Crippen LogP contribution in [0.5, 0.6) is 5.88 Å². The minimum Gasteiger partial charge on any atom is -0.493 e. The molecule has 152 valence electrons. The lowest BCUT2D eigenvalue weighted by atomic mass is 9.92. The van der Waals surface area contributed by atoms with Gasteiger partial charge in [-0.1, -0.05) is 30.3 Å². The lowest BCUT2D eigenvalue weighted by Gasteiger charge is -2.30. The maximum atomic E-state index is 12.7. The van der Waals surface area contributed by atoms with Crippen molar-refractivity contribution in [3.63, 3.8) is 0 Å². The monoisotopic (exact) mass is 402 g/mol. The maximum Gasteiger partial charge on any atom is 0.417 e. The summed E-state index contributed by atoms with van der Waals surface area (Å²) in [5.74, 6) is 0.115. The second-order valence-electron chi connectivity index (χ2n) is 7.36. The van der Waals surface area contributed by atoms with E-state index in [0.29, 0.717) is 12.8 Å². The van der Waals surface area contributed by atoms with Crippen LogP contribution in [0.4, 0.5) is 13.2 Å². The number of benzene rings is 1. The summed E-state index contributed by atoms with van der Waals surface area (Å²) in [5, 5.41) is 15.1. The van der Waals surface area contributed by atoms with E-state index >= 15 is 0 Å². The zero-order chi connectivity index (χ0) is 20.6. The quantitative estimate of drug-likeness (QED) is 0.717. The largest absolute Gasteiger partial charge is 0.493 e. The Balaban J connectivity index is 1.53. The Morgan fingerprint density at radius 3 is 2.59 bits per heavy atom. The van der Waals surface area contributed by atoms with Gasteiger partial charge in [0.25, 0.3) is 0 Å². The summed E-state index contributed by atoms with van der Waals surface area (Å²) < 4.78 is 39.5. The highest BCUT2D eigenvalue weighted by Gasteiger charge is 2.32. The van der Waals surface area contributed by atoms with Gasteiger partial charge in [0.05, 0.1) is 11.3 Å². The van der Waals surface area contributed by atoms with Gasteiger partial charge < -0.3 is 5.11 Å². The van der Waals surface area contributed by atoms with Crippen LogP contribution in [-0.2, 0) is 25.6 Å². The number of aryl methyl sites for hydroxylation is 1. The van der Waals surface area contributed by atoms with Crippen molar-refractivity contribution in [3.05, 3.63) is 71.0 Å². The number of aromatic nitrogens is 3. The molecule has 1 N–H and O–H groups in total. The molecule has 1 unspecified atom stereocenters. The van der Waals surface area contributed by atoms with Gasteiger partial charge in [-0.2, -0.15) is 23.0 Å². The molecule has 0 spiro atoms. The number of hydrogen-bond acceptors (Lipinski definition) is 4. The molecule has 1 aliphatic carbocycles. The van der Waals surface area contributed by atoms with Gasteiger partial charge in [0, 0.05) is 24.3 Å². The average Bonchev–Trinajstić information content (AvgIpc) is 3.04. The molecule has 2 aromatic heterocycles. The SMILES string of the molecule is CN(Cc1ccccc1)C1CCc2nn(-c3ccc(C(F)(F)F)cn3)c(O)c2C1. The molecule has 0 saturated carbocycles. The Bertz CT molecular complexity index is 984. The second kappa shape index (κ2) is 7.51. The number of pyridine rings is 1. The number of aromatic hydroxyl groups is 1. The van der Waals surface area contributed by atoms with Crippen molar-refractivity contribution in [2.45, 2.75) is 38.0 Å². The Hall–Kier alpha value is -2.87. The lowest BCUT2D eigenvalue weighted by molar-refractivity contribution is -0.137. The van der Waals surface area contributed by atoms with Crippen molar-refractivity contribution in [2.24, 2.45) is 0 Å². The number of nitrogens with zero attached hydrogens (tertiary/aromatic N) is 4. The highest BCUT2D eigenvalue weighted by atomic mass is 19.4. The Morgan fingerprint density at radius 1 is 1.17 bits per heavy atom. The van der Waals surface area contributed by atoms with E-state index in [9.17, 15) is 18.3 Å². The summed E-state index contributed by atoms with van der Waals surface area (Å²) >= 11 is 0. The summed E-state index contributed by atoms with van der Waals surface area (Å²) in [6.45, 7) is 0.802. The van der Waals surface area contributed by atoms with Crippen LogP contribution in [0.25, 0.3) is 5.82 Å². The zero-order valence-corrected chi connectivity index (χ0v) is 15.9. The van der Waals surface area contributed by atoms with Crippen molar-refractivity contribution in [1.82, 2.24) is 19.7 Å². The molecule has 4 rings (SSSR count). The topological polar surface area (TPSA) is 54.2 Å². The first-order valence-corrected chi connectivity index (χ1v) is 9.40. The molecular formula is C21H21F3N4O. The standard InChI is InChI=1S/C21H21F3N4O/c1-27(13-14-5-3-2-4-6-14)16-8-9-18-17(11-16)20(29)28(26-18)19-10-7-15(12-25-19)21(22,23)24/h2-7,10,12,16,29H,8-9,11,13H2,1H3. The van der Waals surface area contributed by atoms with Gasteiger partial charge in [-0.05, 0) is 44.0 Å². The molecule has 29 heavy (non-hydrogen) atoms. The molecule has 0 saturated heterocycles. The Kier molecular flexibility index (Phi) is 5.04. The van der Waals surface area contributed by atoms with Crippen LogP contribution in [0.15, 0.2) is 48.7 Å². The fourth-order valence-corrected chi connectivity index (χ4v) is 3.75. The predicted octanol–water partition coefficient (Wildman–Crippen LogP) is 3.98. The van der Waals surface area contributed by atoms with Gasteiger partial charge in [0.15, 0.2) is 5.82 Å². The third kappa shape index (κ3) is 3.98. The third-order valence-corrected chi connectivity index (χ3v) is 5.38. The van der Waals surface area contributed by atoms with Crippen molar-refractivity contribution in [2.75, 3.05) is 7.05 Å². The van der Waals surface area contributed by atoms with Crippen molar-refractivity contribution >= 4 is 0 Å². The molecule has 0 fully saturated rings. The van der Waals surface area contributed by atoms with E-state index in [2.05, 4.69) is 34.2 Å². The minimum atomic E-state index is -4.45. The van der Waals surface area contributed by atoms with Crippen molar-refractivity contribution in [1.29, 1.82) is 0 Å². The van der Waals surface area contributed by atoms with Gasteiger partial charge in [0.2, 0.25) is 5.88 Å². The van der Waals surface area contributed by atoms with Crippen LogP contribution in [0.2, 0.25) is 0 Å². The van der Waals surface area contributed by atoms with Crippen LogP contribution in [-0.4, -0.2) is 37.9 Å². The fraction of sp³-hybridized carbons (Fsp3) is 0.333. The van der Waals surface area contributed by atoms with Crippen molar-refractivity contribution < 1.29 is 18.3 Å². The van der Waals surface area contributed by atoms with E-state index in [0.717, 1.165) is 36.5 Å². The Morgan fingerprint density at radius 2 is 1.93 bits per heavy atom. The molecule has 0 bridgehead atoms. The molecule has 0 radical (unpaired) electrons. The summed E-state index contributed by atoms with van der Waals surface area (Å²) in [7, 11) is 2.06. The zero-order valence-electron chi connectivity index (χ0n) is 15.9. The third-order valence-electron chi connectivity index (χ3n) is 5.38. The molecular weight excluding hydrogens is 381 g/mol. The van der Waals surface area contributed by atoms with E-state index in [4.69, 9.17) is 0 Å². The van der Waals surface area contributed by atoms with Crippen molar-refractivity contribution in [3.8, 4) is 11.7 Å². The molecule has 1 aromatic carbocycles. The highest BCUT2D eigenvalue weighted by molar-refractivity contribution is 5.40. The van der Waals surface area contributed by atoms with Crippen LogP contribution in [0.3, 0.4) is 0 Å². The van der Waals surface area contributed by atoms with Crippen LogP contribution in [0.1, 0.15) is 28.8 Å².